The van der Waals surface area contributed by atoms with Crippen LogP contribution >= 0.6 is 27.5 Å². The molecule has 0 heterocycles. The van der Waals surface area contributed by atoms with Gasteiger partial charge >= 0.3 is 0 Å². The minimum absolute atomic E-state index is 0.0935. The standard InChI is InChI=1S/C13H17BrClNO2/c1-8(15)7-18-13-11(14)5-10(4-9(2)16)6-12(13)17-3/h5-6,9H,1,4,7,16H2,2-3H3. The van der Waals surface area contributed by atoms with Crippen LogP contribution in [0.3, 0.4) is 0 Å². The predicted molar refractivity (Wildman–Crippen MR) is 78.5 cm³/mol. The Labute approximate surface area is 121 Å². The number of ether oxygens (including phenoxy) is 2. The Balaban J connectivity index is 3.00. The van der Waals surface area contributed by atoms with Crippen LogP contribution in [0, 0.1) is 0 Å². The lowest BCUT2D eigenvalue weighted by molar-refractivity contribution is 0.322. The molecule has 18 heavy (non-hydrogen) atoms. The first-order valence-electron chi connectivity index (χ1n) is 5.52. The van der Waals surface area contributed by atoms with Gasteiger partial charge in [0.05, 0.1) is 11.6 Å². The maximum Gasteiger partial charge on any atom is 0.175 e. The number of rotatable bonds is 6. The van der Waals surface area contributed by atoms with Gasteiger partial charge in [-0.1, -0.05) is 18.2 Å². The second-order valence-electron chi connectivity index (χ2n) is 4.10. The number of methoxy groups -OCH3 is 1. The van der Waals surface area contributed by atoms with E-state index in [-0.39, 0.29) is 12.6 Å². The third-order valence-corrected chi connectivity index (χ3v) is 2.92. The lowest BCUT2D eigenvalue weighted by Gasteiger charge is -2.14. The second kappa shape index (κ2) is 7.02. The van der Waals surface area contributed by atoms with E-state index >= 15 is 0 Å². The molecule has 1 rings (SSSR count). The van der Waals surface area contributed by atoms with Crippen molar-refractivity contribution in [3.63, 3.8) is 0 Å². The molecule has 0 bridgehead atoms. The molecule has 0 fully saturated rings. The second-order valence-corrected chi connectivity index (χ2v) is 5.49. The van der Waals surface area contributed by atoms with Crippen LogP contribution in [0.1, 0.15) is 12.5 Å². The minimum Gasteiger partial charge on any atom is -0.493 e. The van der Waals surface area contributed by atoms with Crippen LogP contribution in [0.15, 0.2) is 28.2 Å². The van der Waals surface area contributed by atoms with E-state index in [1.165, 1.54) is 0 Å². The summed E-state index contributed by atoms with van der Waals surface area (Å²) in [5.74, 6) is 1.27. The zero-order valence-electron chi connectivity index (χ0n) is 10.5. The molecule has 0 amide bonds. The average Bonchev–Trinajstić information content (AvgIpc) is 2.25. The summed E-state index contributed by atoms with van der Waals surface area (Å²) in [6.07, 6.45) is 0.775. The number of nitrogens with two attached hydrogens (primary N) is 1. The van der Waals surface area contributed by atoms with Gasteiger partial charge in [0.25, 0.3) is 0 Å². The topological polar surface area (TPSA) is 44.5 Å². The molecule has 3 nitrogen and oxygen atoms in total. The molecule has 0 saturated carbocycles. The number of halogens is 2. The predicted octanol–water partition coefficient (Wildman–Crippen LogP) is 3.48. The van der Waals surface area contributed by atoms with Crippen LogP contribution < -0.4 is 15.2 Å². The van der Waals surface area contributed by atoms with Gasteiger partial charge in [0.15, 0.2) is 11.5 Å². The highest BCUT2D eigenvalue weighted by Gasteiger charge is 2.12. The third kappa shape index (κ3) is 4.52. The van der Waals surface area contributed by atoms with E-state index < -0.39 is 0 Å². The van der Waals surface area contributed by atoms with Crippen molar-refractivity contribution in [3.05, 3.63) is 33.8 Å². The largest absolute Gasteiger partial charge is 0.493 e. The van der Waals surface area contributed by atoms with Crippen molar-refractivity contribution in [2.45, 2.75) is 19.4 Å². The van der Waals surface area contributed by atoms with Crippen molar-refractivity contribution in [2.75, 3.05) is 13.7 Å². The Hall–Kier alpha value is -0.710. The summed E-state index contributed by atoms with van der Waals surface area (Å²) in [4.78, 5) is 0. The smallest absolute Gasteiger partial charge is 0.175 e. The first-order chi connectivity index (χ1) is 8.43. The normalized spacial score (nSPS) is 12.1. The van der Waals surface area contributed by atoms with Crippen LogP contribution in [0.4, 0.5) is 0 Å². The van der Waals surface area contributed by atoms with E-state index in [1.54, 1.807) is 7.11 Å². The van der Waals surface area contributed by atoms with Gasteiger partial charge in [-0.05, 0) is 47.0 Å². The summed E-state index contributed by atoms with van der Waals surface area (Å²) in [6, 6.07) is 3.98. The van der Waals surface area contributed by atoms with Crippen LogP contribution in [-0.4, -0.2) is 19.8 Å². The average molecular weight is 335 g/mol. The molecule has 5 heteroatoms. The van der Waals surface area contributed by atoms with E-state index in [2.05, 4.69) is 22.5 Å². The van der Waals surface area contributed by atoms with Crippen molar-refractivity contribution < 1.29 is 9.47 Å². The fraction of sp³-hybridized carbons (Fsp3) is 0.385. The summed E-state index contributed by atoms with van der Waals surface area (Å²) >= 11 is 9.14. The highest BCUT2D eigenvalue weighted by molar-refractivity contribution is 9.10. The molecule has 2 N–H and O–H groups in total. The van der Waals surface area contributed by atoms with Crippen molar-refractivity contribution >= 4 is 27.5 Å². The van der Waals surface area contributed by atoms with Crippen LogP contribution in [0.25, 0.3) is 0 Å². The Bertz CT molecular complexity index is 435. The van der Waals surface area contributed by atoms with Crippen LogP contribution in [-0.2, 0) is 6.42 Å². The molecule has 1 unspecified atom stereocenters. The summed E-state index contributed by atoms with van der Waals surface area (Å²) in [5.41, 5.74) is 6.87. The Morgan fingerprint density at radius 2 is 2.22 bits per heavy atom. The zero-order chi connectivity index (χ0) is 13.7. The van der Waals surface area contributed by atoms with Gasteiger partial charge in [0.1, 0.15) is 6.61 Å². The lowest BCUT2D eigenvalue weighted by Crippen LogP contribution is -2.17. The molecule has 0 spiro atoms. The molecule has 0 saturated heterocycles. The van der Waals surface area contributed by atoms with Gasteiger partial charge in [-0.25, -0.2) is 0 Å². The summed E-state index contributed by atoms with van der Waals surface area (Å²) in [5, 5.41) is 0.434. The van der Waals surface area contributed by atoms with E-state index in [1.807, 2.05) is 19.1 Å². The number of hydrogen-bond acceptors (Lipinski definition) is 3. The monoisotopic (exact) mass is 333 g/mol. The summed E-state index contributed by atoms with van der Waals surface area (Å²) in [7, 11) is 1.60. The molecule has 100 valence electrons. The Morgan fingerprint density at radius 1 is 1.56 bits per heavy atom. The first kappa shape index (κ1) is 15.3. The van der Waals surface area contributed by atoms with Crippen LogP contribution in [0.5, 0.6) is 11.5 Å². The van der Waals surface area contributed by atoms with E-state index in [9.17, 15) is 0 Å². The molecule has 1 aromatic carbocycles. The molecule has 1 atom stereocenters. The maximum atomic E-state index is 5.79. The summed E-state index contributed by atoms with van der Waals surface area (Å²) < 4.78 is 11.7. The van der Waals surface area contributed by atoms with E-state index in [0.717, 1.165) is 16.5 Å². The molecular formula is C13H17BrClNO2. The quantitative estimate of drug-likeness (QED) is 0.866. The fourth-order valence-electron chi connectivity index (χ4n) is 1.55. The van der Waals surface area contributed by atoms with Gasteiger partial charge in [-0.2, -0.15) is 0 Å². The Morgan fingerprint density at radius 3 is 2.72 bits per heavy atom. The van der Waals surface area contributed by atoms with E-state index in [4.69, 9.17) is 26.8 Å². The van der Waals surface area contributed by atoms with Crippen LogP contribution in [0.2, 0.25) is 0 Å². The third-order valence-electron chi connectivity index (χ3n) is 2.22. The van der Waals surface area contributed by atoms with Gasteiger partial charge in [0, 0.05) is 11.1 Å². The van der Waals surface area contributed by atoms with Gasteiger partial charge in [-0.3, -0.25) is 0 Å². The molecule has 0 radical (unpaired) electrons. The first-order valence-corrected chi connectivity index (χ1v) is 6.69. The number of benzene rings is 1. The molecule has 0 aliphatic carbocycles. The molecular weight excluding hydrogens is 318 g/mol. The van der Waals surface area contributed by atoms with E-state index in [0.29, 0.717) is 16.5 Å². The molecule has 0 aromatic heterocycles. The number of hydrogen-bond donors (Lipinski definition) is 1. The van der Waals surface area contributed by atoms with Gasteiger partial charge < -0.3 is 15.2 Å². The van der Waals surface area contributed by atoms with Crippen molar-refractivity contribution in [1.82, 2.24) is 0 Å². The zero-order valence-corrected chi connectivity index (χ0v) is 12.8. The highest BCUT2D eigenvalue weighted by Crippen LogP contribution is 2.37. The van der Waals surface area contributed by atoms with Gasteiger partial charge in [0.2, 0.25) is 0 Å². The van der Waals surface area contributed by atoms with Crippen molar-refractivity contribution in [2.24, 2.45) is 5.73 Å². The SMILES string of the molecule is C=C(Cl)COc1c(Br)cc(CC(C)N)cc1OC. The van der Waals surface area contributed by atoms with Crippen molar-refractivity contribution in [1.29, 1.82) is 0 Å². The fourth-order valence-corrected chi connectivity index (χ4v) is 2.21. The molecule has 0 aliphatic rings. The highest BCUT2D eigenvalue weighted by atomic mass is 79.9. The molecule has 1 aromatic rings. The maximum absolute atomic E-state index is 5.79. The van der Waals surface area contributed by atoms with Crippen molar-refractivity contribution in [3.8, 4) is 11.5 Å². The lowest BCUT2D eigenvalue weighted by atomic mass is 10.1. The summed E-state index contributed by atoms with van der Waals surface area (Å²) in [6.45, 7) is 5.78. The molecule has 0 aliphatic heterocycles. The Kier molecular flexibility index (Phi) is 5.99. The van der Waals surface area contributed by atoms with Gasteiger partial charge in [-0.15, -0.1) is 0 Å². The minimum atomic E-state index is 0.0935.